The summed E-state index contributed by atoms with van der Waals surface area (Å²) in [5.74, 6) is 1.36. The van der Waals surface area contributed by atoms with Crippen molar-refractivity contribution >= 4 is 35.0 Å². The van der Waals surface area contributed by atoms with E-state index in [0.717, 1.165) is 29.1 Å². The van der Waals surface area contributed by atoms with Crippen molar-refractivity contribution in [2.45, 2.75) is 19.9 Å². The lowest BCUT2D eigenvalue weighted by Crippen LogP contribution is -2.10. The second-order valence-corrected chi connectivity index (χ2v) is 6.69. The van der Waals surface area contributed by atoms with Crippen LogP contribution in [-0.2, 0) is 13.0 Å². The summed E-state index contributed by atoms with van der Waals surface area (Å²) < 4.78 is 0. The van der Waals surface area contributed by atoms with Crippen molar-refractivity contribution in [1.82, 2.24) is 15.0 Å². The molecule has 2 aromatic heterocycles. The van der Waals surface area contributed by atoms with Gasteiger partial charge in [-0.25, -0.2) is 4.98 Å². The first-order valence-electron chi connectivity index (χ1n) is 8.26. The summed E-state index contributed by atoms with van der Waals surface area (Å²) in [5, 5.41) is 7.87. The molecule has 0 bridgehead atoms. The average Bonchev–Trinajstić information content (AvgIpc) is 2.62. The summed E-state index contributed by atoms with van der Waals surface area (Å²) >= 11 is 12.1. The first kappa shape index (κ1) is 18.4. The highest BCUT2D eigenvalue weighted by Crippen LogP contribution is 2.21. The number of nitrogens with one attached hydrogen (secondary N) is 2. The van der Waals surface area contributed by atoms with E-state index in [1.54, 1.807) is 12.3 Å². The van der Waals surface area contributed by atoms with Crippen molar-refractivity contribution < 1.29 is 0 Å². The lowest BCUT2D eigenvalue weighted by atomic mass is 10.1. The predicted octanol–water partition coefficient (Wildman–Crippen LogP) is 4.75. The van der Waals surface area contributed by atoms with Gasteiger partial charge in [-0.15, -0.1) is 0 Å². The molecule has 134 valence electrons. The summed E-state index contributed by atoms with van der Waals surface area (Å²) in [7, 11) is 0. The van der Waals surface area contributed by atoms with Gasteiger partial charge in [0.1, 0.15) is 5.82 Å². The molecule has 0 aliphatic heterocycles. The van der Waals surface area contributed by atoms with Gasteiger partial charge in [-0.05, 0) is 42.7 Å². The molecule has 0 amide bonds. The molecule has 5 nitrogen and oxygen atoms in total. The van der Waals surface area contributed by atoms with Crippen molar-refractivity contribution in [3.8, 4) is 0 Å². The smallest absolute Gasteiger partial charge is 0.225 e. The van der Waals surface area contributed by atoms with Crippen molar-refractivity contribution in [1.29, 1.82) is 0 Å². The molecule has 0 atom stereocenters. The van der Waals surface area contributed by atoms with Crippen LogP contribution in [0.5, 0.6) is 0 Å². The van der Waals surface area contributed by atoms with Gasteiger partial charge < -0.3 is 10.6 Å². The Bertz CT molecular complexity index is 871. The fourth-order valence-electron chi connectivity index (χ4n) is 2.47. The fraction of sp³-hybridized carbons (Fsp3) is 0.211. The van der Waals surface area contributed by atoms with Crippen LogP contribution in [0.3, 0.4) is 0 Å². The number of anilines is 2. The van der Waals surface area contributed by atoms with E-state index in [4.69, 9.17) is 23.2 Å². The second-order valence-electron chi connectivity index (χ2n) is 5.85. The minimum absolute atomic E-state index is 0.584. The Labute approximate surface area is 162 Å². The summed E-state index contributed by atoms with van der Waals surface area (Å²) in [6.45, 7) is 3.27. The van der Waals surface area contributed by atoms with Gasteiger partial charge in [0.2, 0.25) is 5.95 Å². The van der Waals surface area contributed by atoms with Gasteiger partial charge >= 0.3 is 0 Å². The normalized spacial score (nSPS) is 10.6. The first-order chi connectivity index (χ1) is 12.6. The Morgan fingerprint density at radius 1 is 1.04 bits per heavy atom. The van der Waals surface area contributed by atoms with Gasteiger partial charge in [-0.3, -0.25) is 4.98 Å². The fourth-order valence-corrected chi connectivity index (χ4v) is 2.97. The molecule has 0 aliphatic carbocycles. The van der Waals surface area contributed by atoms with Gasteiger partial charge in [-0.2, -0.15) is 4.98 Å². The van der Waals surface area contributed by atoms with Crippen LogP contribution in [0.2, 0.25) is 10.0 Å². The number of halogens is 2. The Hall–Kier alpha value is -2.37. The number of hydrogen-bond acceptors (Lipinski definition) is 5. The van der Waals surface area contributed by atoms with Crippen molar-refractivity contribution in [3.63, 3.8) is 0 Å². The van der Waals surface area contributed by atoms with Crippen molar-refractivity contribution in [3.05, 3.63) is 75.7 Å². The molecule has 0 spiro atoms. The predicted molar refractivity (Wildman–Crippen MR) is 107 cm³/mol. The minimum Gasteiger partial charge on any atom is -0.370 e. The quantitative estimate of drug-likeness (QED) is 0.612. The van der Waals surface area contributed by atoms with Gasteiger partial charge in [0, 0.05) is 47.3 Å². The van der Waals surface area contributed by atoms with Gasteiger partial charge in [0.25, 0.3) is 0 Å². The number of nitrogens with zero attached hydrogens (tertiary/aromatic N) is 3. The molecule has 1 aromatic carbocycles. The minimum atomic E-state index is 0.584. The maximum absolute atomic E-state index is 6.21. The van der Waals surface area contributed by atoms with Crippen LogP contribution in [0.4, 0.5) is 11.8 Å². The highest BCUT2D eigenvalue weighted by Gasteiger charge is 2.04. The topological polar surface area (TPSA) is 62.7 Å². The SMILES string of the molecule is Cc1cc(NCCc2ccc(Cl)cc2Cl)nc(NCc2cccnc2)n1. The first-order valence-corrected chi connectivity index (χ1v) is 9.02. The van der Waals surface area contributed by atoms with E-state index in [1.807, 2.05) is 43.5 Å². The molecule has 3 rings (SSSR count). The lowest BCUT2D eigenvalue weighted by molar-refractivity contribution is 0.980. The van der Waals surface area contributed by atoms with E-state index < -0.39 is 0 Å². The molecule has 2 N–H and O–H groups in total. The molecule has 0 aliphatic rings. The molecule has 3 aromatic rings. The maximum Gasteiger partial charge on any atom is 0.225 e. The second kappa shape index (κ2) is 8.83. The van der Waals surface area contributed by atoms with Crippen molar-refractivity contribution in [2.24, 2.45) is 0 Å². The number of benzene rings is 1. The summed E-state index contributed by atoms with van der Waals surface area (Å²) in [6.07, 6.45) is 4.34. The molecule has 2 heterocycles. The van der Waals surface area contributed by atoms with E-state index in [1.165, 1.54) is 0 Å². The third kappa shape index (κ3) is 5.31. The third-order valence-corrected chi connectivity index (χ3v) is 4.33. The molecule has 0 unspecified atom stereocenters. The van der Waals surface area contributed by atoms with E-state index >= 15 is 0 Å². The Balaban J connectivity index is 1.58. The third-order valence-electron chi connectivity index (χ3n) is 3.74. The van der Waals surface area contributed by atoms with E-state index in [-0.39, 0.29) is 0 Å². The number of pyridine rings is 1. The molecule has 7 heteroatoms. The Kier molecular flexibility index (Phi) is 6.26. The van der Waals surface area contributed by atoms with E-state index in [9.17, 15) is 0 Å². The molecule has 0 fully saturated rings. The standard InChI is InChI=1S/C19H19Cl2N5/c1-13-9-18(23-8-6-15-4-5-16(20)10-17(15)21)26-19(25-13)24-12-14-3-2-7-22-11-14/h2-5,7,9-11H,6,8,12H2,1H3,(H2,23,24,25,26). The average molecular weight is 388 g/mol. The lowest BCUT2D eigenvalue weighted by Gasteiger charge is -2.10. The van der Waals surface area contributed by atoms with Crippen molar-refractivity contribution in [2.75, 3.05) is 17.2 Å². The van der Waals surface area contributed by atoms with Gasteiger partial charge in [-0.1, -0.05) is 35.3 Å². The Morgan fingerprint density at radius 2 is 1.92 bits per heavy atom. The van der Waals surface area contributed by atoms with E-state index in [0.29, 0.717) is 29.1 Å². The number of aryl methyl sites for hydroxylation is 1. The summed E-state index contributed by atoms with van der Waals surface area (Å²) in [5.41, 5.74) is 3.01. The van der Waals surface area contributed by atoms with Crippen LogP contribution in [0.25, 0.3) is 0 Å². The molecule has 26 heavy (non-hydrogen) atoms. The maximum atomic E-state index is 6.21. The van der Waals surface area contributed by atoms with E-state index in [2.05, 4.69) is 25.6 Å². The monoisotopic (exact) mass is 387 g/mol. The van der Waals surface area contributed by atoms with Crippen LogP contribution in [0.1, 0.15) is 16.8 Å². The van der Waals surface area contributed by atoms with Crippen LogP contribution >= 0.6 is 23.2 Å². The zero-order chi connectivity index (χ0) is 18.4. The number of hydrogen-bond donors (Lipinski definition) is 2. The molecular weight excluding hydrogens is 369 g/mol. The Morgan fingerprint density at radius 3 is 2.69 bits per heavy atom. The largest absolute Gasteiger partial charge is 0.370 e. The molecule has 0 saturated heterocycles. The highest BCUT2D eigenvalue weighted by atomic mass is 35.5. The number of aromatic nitrogens is 3. The summed E-state index contributed by atoms with van der Waals surface area (Å²) in [6, 6.07) is 11.4. The molecule has 0 saturated carbocycles. The number of rotatable bonds is 7. The molecule has 0 radical (unpaired) electrons. The van der Waals surface area contributed by atoms with Gasteiger partial charge in [0.05, 0.1) is 0 Å². The highest BCUT2D eigenvalue weighted by molar-refractivity contribution is 6.35. The molecular formula is C19H19Cl2N5. The zero-order valence-electron chi connectivity index (χ0n) is 14.3. The van der Waals surface area contributed by atoms with Crippen LogP contribution in [-0.4, -0.2) is 21.5 Å². The van der Waals surface area contributed by atoms with Crippen LogP contribution < -0.4 is 10.6 Å². The van der Waals surface area contributed by atoms with Crippen LogP contribution in [0.15, 0.2) is 48.8 Å². The van der Waals surface area contributed by atoms with Gasteiger partial charge in [0.15, 0.2) is 0 Å². The van der Waals surface area contributed by atoms with Crippen LogP contribution in [0, 0.1) is 6.92 Å². The summed E-state index contributed by atoms with van der Waals surface area (Å²) in [4.78, 5) is 13.0. The zero-order valence-corrected chi connectivity index (χ0v) is 15.8.